The molecule has 1 N–H and O–H groups in total. The summed E-state index contributed by atoms with van der Waals surface area (Å²) in [6, 6.07) is 3.47. The number of nitro groups is 1. The Balaban J connectivity index is 2.18. The van der Waals surface area contributed by atoms with Gasteiger partial charge in [0, 0.05) is 17.8 Å². The van der Waals surface area contributed by atoms with Crippen LogP contribution in [0, 0.1) is 22.5 Å². The Morgan fingerprint density at radius 3 is 2.78 bits per heavy atom. The van der Waals surface area contributed by atoms with E-state index >= 15 is 0 Å². The number of rotatable bonds is 3. The van der Waals surface area contributed by atoms with Crippen molar-refractivity contribution in [3.8, 4) is 0 Å². The molecular formula is C13H19N3O2. The maximum Gasteiger partial charge on any atom is 0.311 e. The summed E-state index contributed by atoms with van der Waals surface area (Å²) in [4.78, 5) is 14.8. The molecule has 0 saturated heterocycles. The molecule has 1 aromatic rings. The number of nitrogens with one attached hydrogen (secondary N) is 1. The van der Waals surface area contributed by atoms with Gasteiger partial charge >= 0.3 is 5.69 Å². The SMILES string of the molecule is Cc1ccc([N+](=O)[O-])c(NC2CCC(C)(C)C2)n1. The molecule has 0 bridgehead atoms. The first kappa shape index (κ1) is 12.8. The van der Waals surface area contributed by atoms with Crippen molar-refractivity contribution in [1.29, 1.82) is 0 Å². The summed E-state index contributed by atoms with van der Waals surface area (Å²) < 4.78 is 0. The lowest BCUT2D eigenvalue weighted by Gasteiger charge is -2.18. The monoisotopic (exact) mass is 249 g/mol. The maximum atomic E-state index is 11.0. The second-order valence-corrected chi connectivity index (χ2v) is 5.83. The average molecular weight is 249 g/mol. The second kappa shape index (κ2) is 4.55. The summed E-state index contributed by atoms with van der Waals surface area (Å²) in [7, 11) is 0. The molecule has 18 heavy (non-hydrogen) atoms. The van der Waals surface area contributed by atoms with Crippen LogP contribution in [-0.2, 0) is 0 Å². The van der Waals surface area contributed by atoms with Gasteiger partial charge in [0.1, 0.15) is 0 Å². The lowest BCUT2D eigenvalue weighted by Crippen LogP contribution is -2.19. The zero-order chi connectivity index (χ0) is 13.3. The number of nitrogens with zero attached hydrogens (tertiary/aromatic N) is 2. The fourth-order valence-electron chi connectivity index (χ4n) is 2.56. The van der Waals surface area contributed by atoms with Crippen LogP contribution in [0.3, 0.4) is 0 Å². The standard InChI is InChI=1S/C13H19N3O2/c1-9-4-5-11(16(17)18)12(14-9)15-10-6-7-13(2,3)8-10/h4-5,10H,6-8H2,1-3H3,(H,14,15). The van der Waals surface area contributed by atoms with Gasteiger partial charge in [-0.1, -0.05) is 13.8 Å². The van der Waals surface area contributed by atoms with Crippen molar-refractivity contribution in [1.82, 2.24) is 4.98 Å². The van der Waals surface area contributed by atoms with Gasteiger partial charge in [-0.15, -0.1) is 0 Å². The minimum absolute atomic E-state index is 0.0605. The van der Waals surface area contributed by atoms with Crippen LogP contribution in [0.2, 0.25) is 0 Å². The Labute approximate surface area is 107 Å². The molecule has 0 amide bonds. The lowest BCUT2D eigenvalue weighted by atomic mass is 9.92. The first-order valence-corrected chi connectivity index (χ1v) is 6.26. The van der Waals surface area contributed by atoms with E-state index in [2.05, 4.69) is 24.1 Å². The fraction of sp³-hybridized carbons (Fsp3) is 0.615. The topological polar surface area (TPSA) is 68.1 Å². The maximum absolute atomic E-state index is 11.0. The zero-order valence-electron chi connectivity index (χ0n) is 11.1. The van der Waals surface area contributed by atoms with E-state index in [1.807, 2.05) is 6.92 Å². The van der Waals surface area contributed by atoms with Crippen LogP contribution in [0.15, 0.2) is 12.1 Å². The molecule has 0 aliphatic heterocycles. The Hall–Kier alpha value is -1.65. The third-order valence-corrected chi connectivity index (χ3v) is 3.52. The van der Waals surface area contributed by atoms with Crippen molar-refractivity contribution >= 4 is 11.5 Å². The van der Waals surface area contributed by atoms with Crippen molar-refractivity contribution in [2.24, 2.45) is 5.41 Å². The average Bonchev–Trinajstić information content (AvgIpc) is 2.57. The highest BCUT2D eigenvalue weighted by Crippen LogP contribution is 2.38. The molecular weight excluding hydrogens is 230 g/mol. The van der Waals surface area contributed by atoms with E-state index in [1.165, 1.54) is 6.07 Å². The molecule has 1 heterocycles. The van der Waals surface area contributed by atoms with E-state index in [0.717, 1.165) is 25.0 Å². The Bertz CT molecular complexity index is 471. The number of hydrogen-bond acceptors (Lipinski definition) is 4. The van der Waals surface area contributed by atoms with E-state index in [9.17, 15) is 10.1 Å². The van der Waals surface area contributed by atoms with Gasteiger partial charge in [-0.3, -0.25) is 10.1 Å². The first-order chi connectivity index (χ1) is 8.37. The first-order valence-electron chi connectivity index (χ1n) is 6.26. The van der Waals surface area contributed by atoms with E-state index in [0.29, 0.717) is 11.2 Å². The number of pyridine rings is 1. The highest BCUT2D eigenvalue weighted by atomic mass is 16.6. The fourth-order valence-corrected chi connectivity index (χ4v) is 2.56. The second-order valence-electron chi connectivity index (χ2n) is 5.83. The van der Waals surface area contributed by atoms with Gasteiger partial charge in [-0.25, -0.2) is 4.98 Å². The molecule has 1 aromatic heterocycles. The van der Waals surface area contributed by atoms with E-state index in [4.69, 9.17) is 0 Å². The molecule has 1 aliphatic rings. The zero-order valence-corrected chi connectivity index (χ0v) is 11.1. The van der Waals surface area contributed by atoms with Crippen LogP contribution in [0.1, 0.15) is 38.8 Å². The van der Waals surface area contributed by atoms with Crippen LogP contribution in [0.5, 0.6) is 0 Å². The van der Waals surface area contributed by atoms with Gasteiger partial charge in [-0.2, -0.15) is 0 Å². The molecule has 1 aliphatic carbocycles. The highest BCUT2D eigenvalue weighted by molar-refractivity contribution is 5.56. The number of aromatic nitrogens is 1. The largest absolute Gasteiger partial charge is 0.362 e. The van der Waals surface area contributed by atoms with Crippen LogP contribution >= 0.6 is 0 Å². The molecule has 98 valence electrons. The van der Waals surface area contributed by atoms with Crippen molar-refractivity contribution in [2.45, 2.75) is 46.1 Å². The molecule has 5 heteroatoms. The van der Waals surface area contributed by atoms with E-state index in [-0.39, 0.29) is 16.7 Å². The van der Waals surface area contributed by atoms with Gasteiger partial charge in [0.25, 0.3) is 0 Å². The molecule has 1 fully saturated rings. The van der Waals surface area contributed by atoms with Gasteiger partial charge in [-0.05, 0) is 37.7 Å². The van der Waals surface area contributed by atoms with Crippen LogP contribution in [0.25, 0.3) is 0 Å². The predicted molar refractivity (Wildman–Crippen MR) is 70.7 cm³/mol. The van der Waals surface area contributed by atoms with Crippen molar-refractivity contribution in [3.05, 3.63) is 27.9 Å². The summed E-state index contributed by atoms with van der Waals surface area (Å²) in [5, 5.41) is 14.2. The summed E-state index contributed by atoms with van der Waals surface area (Å²) in [5.41, 5.74) is 1.17. The predicted octanol–water partition coefficient (Wildman–Crippen LogP) is 3.29. The summed E-state index contributed by atoms with van der Waals surface area (Å²) in [6.07, 6.45) is 3.21. The van der Waals surface area contributed by atoms with Crippen LogP contribution in [-0.4, -0.2) is 15.9 Å². The van der Waals surface area contributed by atoms with Crippen LogP contribution < -0.4 is 5.32 Å². The molecule has 0 aromatic carbocycles. The van der Waals surface area contributed by atoms with E-state index < -0.39 is 0 Å². The van der Waals surface area contributed by atoms with Crippen LogP contribution in [0.4, 0.5) is 11.5 Å². The number of aryl methyl sites for hydroxylation is 1. The molecule has 1 unspecified atom stereocenters. The minimum atomic E-state index is -0.380. The smallest absolute Gasteiger partial charge is 0.311 e. The third-order valence-electron chi connectivity index (χ3n) is 3.52. The molecule has 2 rings (SSSR count). The highest BCUT2D eigenvalue weighted by Gasteiger charge is 2.32. The minimum Gasteiger partial charge on any atom is -0.362 e. The van der Waals surface area contributed by atoms with Gasteiger partial charge in [0.2, 0.25) is 5.82 Å². The van der Waals surface area contributed by atoms with Gasteiger partial charge in [0.05, 0.1) is 4.92 Å². The Morgan fingerprint density at radius 2 is 2.22 bits per heavy atom. The van der Waals surface area contributed by atoms with E-state index in [1.54, 1.807) is 6.07 Å². The van der Waals surface area contributed by atoms with Crippen molar-refractivity contribution < 1.29 is 4.92 Å². The van der Waals surface area contributed by atoms with Gasteiger partial charge in [0.15, 0.2) is 0 Å². The number of hydrogen-bond donors (Lipinski definition) is 1. The van der Waals surface area contributed by atoms with Crippen molar-refractivity contribution in [3.63, 3.8) is 0 Å². The molecule has 0 spiro atoms. The quantitative estimate of drug-likeness (QED) is 0.659. The van der Waals surface area contributed by atoms with Gasteiger partial charge < -0.3 is 5.32 Å². The van der Waals surface area contributed by atoms with Crippen molar-refractivity contribution in [2.75, 3.05) is 5.32 Å². The molecule has 5 nitrogen and oxygen atoms in total. The third kappa shape index (κ3) is 2.78. The summed E-state index contributed by atoms with van der Waals surface area (Å²) in [5.74, 6) is 0.405. The Morgan fingerprint density at radius 1 is 1.50 bits per heavy atom. The molecule has 0 radical (unpaired) electrons. The summed E-state index contributed by atoms with van der Waals surface area (Å²) in [6.45, 7) is 6.30. The lowest BCUT2D eigenvalue weighted by molar-refractivity contribution is -0.384. The normalized spacial score (nSPS) is 21.8. The summed E-state index contributed by atoms with van der Waals surface area (Å²) >= 11 is 0. The number of anilines is 1. The Kier molecular flexibility index (Phi) is 3.24. The molecule has 1 saturated carbocycles. The molecule has 1 atom stereocenters.